The van der Waals surface area contributed by atoms with Gasteiger partial charge in [0.05, 0.1) is 16.7 Å². The van der Waals surface area contributed by atoms with Crippen LogP contribution < -0.4 is 4.72 Å². The molecule has 0 unspecified atom stereocenters. The van der Waals surface area contributed by atoms with Gasteiger partial charge in [-0.3, -0.25) is 0 Å². The fraction of sp³-hybridized carbons (Fsp3) is 0. The van der Waals surface area contributed by atoms with Gasteiger partial charge in [-0.25, -0.2) is 18.2 Å². The van der Waals surface area contributed by atoms with E-state index in [1.165, 1.54) is 18.2 Å². The lowest BCUT2D eigenvalue weighted by Crippen LogP contribution is -2.14. The highest BCUT2D eigenvalue weighted by molar-refractivity contribution is 7.92. The second-order valence-electron chi connectivity index (χ2n) is 3.20. The van der Waals surface area contributed by atoms with Crippen LogP contribution in [0.2, 0.25) is 5.02 Å². The molecule has 0 radical (unpaired) electrons. The van der Waals surface area contributed by atoms with Crippen molar-refractivity contribution in [2.24, 2.45) is 0 Å². The van der Waals surface area contributed by atoms with Crippen molar-refractivity contribution in [3.63, 3.8) is 0 Å². The van der Waals surface area contributed by atoms with Gasteiger partial charge in [0.1, 0.15) is 11.2 Å². The minimum absolute atomic E-state index is 0.0148. The first-order valence-corrected chi connectivity index (χ1v) is 6.47. The van der Waals surface area contributed by atoms with Crippen LogP contribution in [0.5, 0.6) is 0 Å². The van der Waals surface area contributed by atoms with Gasteiger partial charge < -0.3 is 0 Å². The molecule has 2 aromatic rings. The SMILES string of the molecule is N#Cc1ccc(Cl)c(S(=O)(=O)Nc2ncn[nH]2)c1. The molecule has 0 saturated carbocycles. The summed E-state index contributed by atoms with van der Waals surface area (Å²) >= 11 is 5.80. The summed E-state index contributed by atoms with van der Waals surface area (Å²) in [5.41, 5.74) is 0.192. The van der Waals surface area contributed by atoms with Crippen LogP contribution >= 0.6 is 11.6 Å². The van der Waals surface area contributed by atoms with Gasteiger partial charge in [-0.1, -0.05) is 11.6 Å². The number of benzene rings is 1. The van der Waals surface area contributed by atoms with Crippen molar-refractivity contribution < 1.29 is 8.42 Å². The Kier molecular flexibility index (Phi) is 3.18. The quantitative estimate of drug-likeness (QED) is 0.877. The Balaban J connectivity index is 2.44. The highest BCUT2D eigenvalue weighted by Gasteiger charge is 2.19. The number of H-pyrrole nitrogens is 1. The predicted molar refractivity (Wildman–Crippen MR) is 63.4 cm³/mol. The summed E-state index contributed by atoms with van der Waals surface area (Å²) in [5, 5.41) is 14.6. The van der Waals surface area contributed by atoms with E-state index < -0.39 is 10.0 Å². The van der Waals surface area contributed by atoms with Crippen LogP contribution in [-0.4, -0.2) is 23.6 Å². The molecule has 7 nitrogen and oxygen atoms in total. The smallest absolute Gasteiger partial charge is 0.248 e. The third-order valence-corrected chi connectivity index (χ3v) is 3.82. The number of nitrogens with zero attached hydrogens (tertiary/aromatic N) is 3. The van der Waals surface area contributed by atoms with Gasteiger partial charge in [0, 0.05) is 0 Å². The van der Waals surface area contributed by atoms with Crippen molar-refractivity contribution in [3.05, 3.63) is 35.1 Å². The van der Waals surface area contributed by atoms with E-state index in [0.717, 1.165) is 6.33 Å². The summed E-state index contributed by atoms with van der Waals surface area (Å²) in [6.07, 6.45) is 1.16. The maximum absolute atomic E-state index is 12.0. The monoisotopic (exact) mass is 283 g/mol. The molecule has 1 aromatic heterocycles. The van der Waals surface area contributed by atoms with Crippen molar-refractivity contribution in [1.82, 2.24) is 15.2 Å². The van der Waals surface area contributed by atoms with Gasteiger partial charge in [0.25, 0.3) is 10.0 Å². The number of anilines is 1. The average molecular weight is 284 g/mol. The molecule has 1 heterocycles. The molecule has 1 aromatic carbocycles. The van der Waals surface area contributed by atoms with Crippen molar-refractivity contribution in [1.29, 1.82) is 5.26 Å². The molecule has 9 heteroatoms. The first kappa shape index (κ1) is 12.3. The van der Waals surface area contributed by atoms with Crippen molar-refractivity contribution in [3.8, 4) is 6.07 Å². The lowest BCUT2D eigenvalue weighted by molar-refractivity contribution is 0.601. The first-order chi connectivity index (χ1) is 8.53. The summed E-state index contributed by atoms with van der Waals surface area (Å²) < 4.78 is 26.1. The maximum Gasteiger partial charge on any atom is 0.265 e. The van der Waals surface area contributed by atoms with Gasteiger partial charge in [-0.05, 0) is 18.2 Å². The molecule has 0 aliphatic rings. The molecule has 18 heavy (non-hydrogen) atoms. The fourth-order valence-corrected chi connectivity index (χ4v) is 2.71. The highest BCUT2D eigenvalue weighted by Crippen LogP contribution is 2.23. The van der Waals surface area contributed by atoms with Crippen molar-refractivity contribution in [2.45, 2.75) is 4.90 Å². The van der Waals surface area contributed by atoms with E-state index in [4.69, 9.17) is 16.9 Å². The molecule has 0 atom stereocenters. The minimum atomic E-state index is -3.91. The fourth-order valence-electron chi connectivity index (χ4n) is 1.22. The molecule has 0 aliphatic carbocycles. The Bertz CT molecular complexity index is 705. The number of halogens is 1. The molecule has 0 saturated heterocycles. The highest BCUT2D eigenvalue weighted by atomic mass is 35.5. The van der Waals surface area contributed by atoms with Gasteiger partial charge in [0.15, 0.2) is 0 Å². The van der Waals surface area contributed by atoms with Crippen LogP contribution in [0.25, 0.3) is 0 Å². The summed E-state index contributed by atoms with van der Waals surface area (Å²) in [6.45, 7) is 0. The molecular weight excluding hydrogens is 278 g/mol. The van der Waals surface area contributed by atoms with Gasteiger partial charge in [0.2, 0.25) is 5.95 Å². The van der Waals surface area contributed by atoms with Crippen LogP contribution in [0, 0.1) is 11.3 Å². The Morgan fingerprint density at radius 3 is 2.83 bits per heavy atom. The summed E-state index contributed by atoms with van der Waals surface area (Å²) in [5.74, 6) is -0.0339. The normalized spacial score (nSPS) is 10.9. The van der Waals surface area contributed by atoms with E-state index in [1.54, 1.807) is 0 Å². The molecule has 0 aliphatic heterocycles. The van der Waals surface area contributed by atoms with Crippen LogP contribution in [0.1, 0.15) is 5.56 Å². The Labute approximate surface area is 107 Å². The third-order valence-electron chi connectivity index (χ3n) is 2.00. The van der Waals surface area contributed by atoms with Crippen LogP contribution in [0.3, 0.4) is 0 Å². The standard InChI is InChI=1S/C9H6ClN5O2S/c10-7-2-1-6(4-11)3-8(7)18(16,17)15-9-12-5-13-14-9/h1-3,5H,(H2,12,13,14,15). The maximum atomic E-state index is 12.0. The number of nitriles is 1. The van der Waals surface area contributed by atoms with E-state index in [-0.39, 0.29) is 21.4 Å². The molecule has 0 amide bonds. The molecule has 0 fully saturated rings. The van der Waals surface area contributed by atoms with E-state index in [2.05, 4.69) is 19.9 Å². The largest absolute Gasteiger partial charge is 0.265 e. The zero-order valence-electron chi connectivity index (χ0n) is 8.75. The molecule has 2 rings (SSSR count). The number of hydrogen-bond donors (Lipinski definition) is 2. The second kappa shape index (κ2) is 4.64. The topological polar surface area (TPSA) is 112 Å². The first-order valence-electron chi connectivity index (χ1n) is 4.61. The predicted octanol–water partition coefficient (Wildman–Crippen LogP) is 1.13. The Hall–Kier alpha value is -2.11. The lowest BCUT2D eigenvalue weighted by Gasteiger charge is -2.06. The molecule has 92 valence electrons. The number of nitrogens with one attached hydrogen (secondary N) is 2. The summed E-state index contributed by atoms with van der Waals surface area (Å²) in [4.78, 5) is 3.44. The van der Waals surface area contributed by atoms with E-state index in [0.29, 0.717) is 0 Å². The number of aromatic amines is 1. The Morgan fingerprint density at radius 2 is 2.22 bits per heavy atom. The second-order valence-corrected chi connectivity index (χ2v) is 5.25. The van der Waals surface area contributed by atoms with Crippen LogP contribution in [-0.2, 0) is 10.0 Å². The minimum Gasteiger partial charge on any atom is -0.248 e. The molecular formula is C9H6ClN5O2S. The average Bonchev–Trinajstić information content (AvgIpc) is 2.81. The van der Waals surface area contributed by atoms with E-state index in [9.17, 15) is 8.42 Å². The van der Waals surface area contributed by atoms with Crippen LogP contribution in [0.4, 0.5) is 5.95 Å². The third kappa shape index (κ3) is 2.42. The lowest BCUT2D eigenvalue weighted by atomic mass is 10.2. The zero-order valence-corrected chi connectivity index (χ0v) is 10.3. The molecule has 2 N–H and O–H groups in total. The number of hydrogen-bond acceptors (Lipinski definition) is 5. The summed E-state index contributed by atoms with van der Waals surface area (Å²) in [7, 11) is -3.91. The molecule has 0 spiro atoms. The number of sulfonamides is 1. The van der Waals surface area contributed by atoms with Gasteiger partial charge in [-0.15, -0.1) is 0 Å². The van der Waals surface area contributed by atoms with Gasteiger partial charge in [-0.2, -0.15) is 15.3 Å². The zero-order chi connectivity index (χ0) is 13.2. The van der Waals surface area contributed by atoms with E-state index in [1.807, 2.05) is 6.07 Å². The van der Waals surface area contributed by atoms with Crippen molar-refractivity contribution >= 4 is 27.6 Å². The van der Waals surface area contributed by atoms with Crippen LogP contribution in [0.15, 0.2) is 29.4 Å². The van der Waals surface area contributed by atoms with Gasteiger partial charge >= 0.3 is 0 Å². The Morgan fingerprint density at radius 1 is 1.44 bits per heavy atom. The summed E-state index contributed by atoms with van der Waals surface area (Å²) in [6, 6.07) is 5.79. The number of aromatic nitrogens is 3. The molecule has 0 bridgehead atoms. The van der Waals surface area contributed by atoms with Crippen molar-refractivity contribution in [2.75, 3.05) is 4.72 Å². The number of rotatable bonds is 3. The van der Waals surface area contributed by atoms with E-state index >= 15 is 0 Å².